The normalized spacial score (nSPS) is 27.4. The Morgan fingerprint density at radius 1 is 1.39 bits per heavy atom. The highest BCUT2D eigenvalue weighted by Gasteiger charge is 2.37. The zero-order valence-electron chi connectivity index (χ0n) is 15.4. The molecule has 0 spiro atoms. The van der Waals surface area contributed by atoms with Gasteiger partial charge in [-0.05, 0) is 19.4 Å². The molecule has 2 unspecified atom stereocenters. The minimum absolute atomic E-state index is 0.0174. The van der Waals surface area contributed by atoms with Crippen molar-refractivity contribution >= 4 is 23.2 Å². The Labute approximate surface area is 168 Å². The quantitative estimate of drug-likeness (QED) is 0.310. The summed E-state index contributed by atoms with van der Waals surface area (Å²) in [5, 5.41) is 15.0. The molecule has 2 fully saturated rings. The van der Waals surface area contributed by atoms with Crippen LogP contribution in [0.3, 0.4) is 0 Å². The van der Waals surface area contributed by atoms with Crippen LogP contribution in [-0.4, -0.2) is 60.9 Å². The molecule has 3 atom stereocenters. The number of nitrogens with zero attached hydrogens (tertiary/aromatic N) is 2. The van der Waals surface area contributed by atoms with E-state index in [1.165, 1.54) is 6.20 Å². The SMILES string of the molecule is NC(N=O)C(C(=O)Nc1cnccc1O[C@H]1CCCNC1)C1NCC(Cl)CN1. The van der Waals surface area contributed by atoms with E-state index >= 15 is 0 Å². The molecule has 11 heteroatoms. The number of halogens is 1. The Bertz CT molecular complexity index is 666. The highest BCUT2D eigenvalue weighted by atomic mass is 35.5. The van der Waals surface area contributed by atoms with Crippen LogP contribution in [0.1, 0.15) is 12.8 Å². The van der Waals surface area contributed by atoms with E-state index < -0.39 is 24.2 Å². The Morgan fingerprint density at radius 2 is 2.18 bits per heavy atom. The molecule has 0 aromatic carbocycles. The standard InChI is InChI=1S/C17H26ClN7O3/c18-10-6-22-16(23-7-10)14(15(19)25-27)17(26)24-12-9-21-5-3-13(12)28-11-2-1-4-20-8-11/h3,5,9-11,14-16,20,22-23H,1-2,4,6-8,19H2,(H,24,26)/t10?,11-,14?,15?,16?/m0/s1. The molecule has 2 aliphatic heterocycles. The molecule has 0 radical (unpaired) electrons. The van der Waals surface area contributed by atoms with Crippen molar-refractivity contribution < 1.29 is 9.53 Å². The minimum atomic E-state index is -1.22. The molecular weight excluding hydrogens is 386 g/mol. The van der Waals surface area contributed by atoms with Crippen LogP contribution in [0, 0.1) is 10.8 Å². The zero-order chi connectivity index (χ0) is 19.9. The van der Waals surface area contributed by atoms with Crippen molar-refractivity contribution in [1.82, 2.24) is 20.9 Å². The molecule has 1 aromatic rings. The summed E-state index contributed by atoms with van der Waals surface area (Å²) in [5.41, 5.74) is 6.24. The van der Waals surface area contributed by atoms with Gasteiger partial charge in [-0.15, -0.1) is 16.5 Å². The van der Waals surface area contributed by atoms with Crippen molar-refractivity contribution in [3.63, 3.8) is 0 Å². The van der Waals surface area contributed by atoms with Crippen molar-refractivity contribution in [2.75, 3.05) is 31.5 Å². The first-order valence-electron chi connectivity index (χ1n) is 9.39. The molecule has 2 aliphatic rings. The number of alkyl halides is 1. The van der Waals surface area contributed by atoms with Gasteiger partial charge in [0.05, 0.1) is 17.7 Å². The van der Waals surface area contributed by atoms with E-state index in [1.54, 1.807) is 12.3 Å². The van der Waals surface area contributed by atoms with Gasteiger partial charge < -0.3 is 21.1 Å². The zero-order valence-corrected chi connectivity index (χ0v) is 16.2. The van der Waals surface area contributed by atoms with Crippen LogP contribution >= 0.6 is 11.6 Å². The van der Waals surface area contributed by atoms with E-state index in [1.807, 2.05) is 0 Å². The van der Waals surface area contributed by atoms with Gasteiger partial charge in [0.25, 0.3) is 0 Å². The molecular formula is C17H26ClN7O3. The third-order valence-electron chi connectivity index (χ3n) is 4.85. The number of carbonyl (C=O) groups is 1. The number of carbonyl (C=O) groups excluding carboxylic acids is 1. The number of piperidine rings is 1. The fourth-order valence-electron chi connectivity index (χ4n) is 3.37. The first-order valence-corrected chi connectivity index (χ1v) is 9.83. The number of nitrogens with one attached hydrogen (secondary N) is 4. The summed E-state index contributed by atoms with van der Waals surface area (Å²) in [6.07, 6.45) is 3.34. The summed E-state index contributed by atoms with van der Waals surface area (Å²) in [5.74, 6) is -0.857. The second-order valence-corrected chi connectivity index (χ2v) is 7.58. The van der Waals surface area contributed by atoms with Gasteiger partial charge >= 0.3 is 0 Å². The number of nitroso groups, excluding NO2 is 1. The van der Waals surface area contributed by atoms with E-state index in [4.69, 9.17) is 22.1 Å². The predicted octanol–water partition coefficient (Wildman–Crippen LogP) is -0.0554. The Kier molecular flexibility index (Phi) is 7.51. The van der Waals surface area contributed by atoms with Crippen molar-refractivity contribution in [2.45, 2.75) is 36.7 Å². The highest BCUT2D eigenvalue weighted by molar-refractivity contribution is 6.21. The topological polar surface area (TPSA) is 143 Å². The molecule has 28 heavy (non-hydrogen) atoms. The minimum Gasteiger partial charge on any atom is -0.487 e. The second-order valence-electron chi connectivity index (χ2n) is 6.96. The molecule has 3 heterocycles. The van der Waals surface area contributed by atoms with Crippen LogP contribution in [0.15, 0.2) is 23.6 Å². The fraction of sp³-hybridized carbons (Fsp3) is 0.647. The summed E-state index contributed by atoms with van der Waals surface area (Å²) in [6, 6.07) is 1.70. The number of hydrogen-bond donors (Lipinski definition) is 5. The highest BCUT2D eigenvalue weighted by Crippen LogP contribution is 2.26. The molecule has 0 saturated carbocycles. The molecule has 0 bridgehead atoms. The summed E-state index contributed by atoms with van der Waals surface area (Å²) >= 11 is 6.05. The Balaban J connectivity index is 1.71. The van der Waals surface area contributed by atoms with E-state index in [0.29, 0.717) is 24.5 Å². The number of pyridine rings is 1. The number of aromatic nitrogens is 1. The summed E-state index contributed by atoms with van der Waals surface area (Å²) < 4.78 is 6.03. The van der Waals surface area contributed by atoms with Crippen LogP contribution in [0.2, 0.25) is 0 Å². The van der Waals surface area contributed by atoms with E-state index in [9.17, 15) is 9.70 Å². The monoisotopic (exact) mass is 411 g/mol. The Morgan fingerprint density at radius 3 is 2.86 bits per heavy atom. The lowest BCUT2D eigenvalue weighted by Gasteiger charge is -2.34. The fourth-order valence-corrected chi connectivity index (χ4v) is 3.55. The molecule has 10 nitrogen and oxygen atoms in total. The van der Waals surface area contributed by atoms with Gasteiger partial charge in [0.1, 0.15) is 23.5 Å². The largest absolute Gasteiger partial charge is 0.487 e. The van der Waals surface area contributed by atoms with Crippen LogP contribution in [-0.2, 0) is 4.79 Å². The summed E-state index contributed by atoms with van der Waals surface area (Å²) in [6.45, 7) is 2.70. The van der Waals surface area contributed by atoms with Crippen molar-refractivity contribution in [3.8, 4) is 5.75 Å². The van der Waals surface area contributed by atoms with Gasteiger partial charge in [-0.25, -0.2) is 0 Å². The van der Waals surface area contributed by atoms with Crippen LogP contribution in [0.4, 0.5) is 5.69 Å². The van der Waals surface area contributed by atoms with Gasteiger partial charge in [-0.2, -0.15) is 0 Å². The molecule has 2 saturated heterocycles. The van der Waals surface area contributed by atoms with Crippen molar-refractivity contribution in [3.05, 3.63) is 23.4 Å². The third kappa shape index (κ3) is 5.36. The molecule has 6 N–H and O–H groups in total. The van der Waals surface area contributed by atoms with Crippen LogP contribution in [0.5, 0.6) is 5.75 Å². The van der Waals surface area contributed by atoms with E-state index in [0.717, 1.165) is 25.9 Å². The number of amides is 1. The molecule has 154 valence electrons. The summed E-state index contributed by atoms with van der Waals surface area (Å²) in [7, 11) is 0. The number of hydrogen-bond acceptors (Lipinski definition) is 9. The van der Waals surface area contributed by atoms with Gasteiger partial charge in [-0.3, -0.25) is 20.4 Å². The predicted molar refractivity (Wildman–Crippen MR) is 106 cm³/mol. The number of anilines is 1. The van der Waals surface area contributed by atoms with Crippen LogP contribution < -0.4 is 31.7 Å². The van der Waals surface area contributed by atoms with Crippen molar-refractivity contribution in [1.29, 1.82) is 0 Å². The lowest BCUT2D eigenvalue weighted by molar-refractivity contribution is -0.121. The van der Waals surface area contributed by atoms with Crippen molar-refractivity contribution in [2.24, 2.45) is 16.8 Å². The first kappa shape index (κ1) is 20.9. The first-order chi connectivity index (χ1) is 13.6. The van der Waals surface area contributed by atoms with Gasteiger partial charge in [-0.1, -0.05) is 5.18 Å². The summed E-state index contributed by atoms with van der Waals surface area (Å²) in [4.78, 5) is 28.1. The third-order valence-corrected chi connectivity index (χ3v) is 5.16. The molecule has 3 rings (SSSR count). The lowest BCUT2D eigenvalue weighted by Crippen LogP contribution is -2.62. The number of nitrogens with two attached hydrogens (primary N) is 1. The second kappa shape index (κ2) is 10.1. The maximum absolute atomic E-state index is 12.9. The average Bonchev–Trinajstić information content (AvgIpc) is 2.71. The van der Waals surface area contributed by atoms with E-state index in [2.05, 4.69) is 31.4 Å². The van der Waals surface area contributed by atoms with Crippen LogP contribution in [0.25, 0.3) is 0 Å². The average molecular weight is 412 g/mol. The van der Waals surface area contributed by atoms with Gasteiger partial charge in [0.2, 0.25) is 5.91 Å². The van der Waals surface area contributed by atoms with E-state index in [-0.39, 0.29) is 11.5 Å². The molecule has 0 aliphatic carbocycles. The number of rotatable bonds is 7. The molecule has 1 aromatic heterocycles. The molecule has 1 amide bonds. The maximum Gasteiger partial charge on any atom is 0.234 e. The van der Waals surface area contributed by atoms with Gasteiger partial charge in [0, 0.05) is 31.9 Å². The maximum atomic E-state index is 12.9. The van der Waals surface area contributed by atoms with Gasteiger partial charge in [0.15, 0.2) is 6.17 Å². The Hall–Kier alpha value is -1.85. The number of ether oxygens (including phenoxy) is 1. The smallest absolute Gasteiger partial charge is 0.234 e. The lowest BCUT2D eigenvalue weighted by atomic mass is 9.99.